The van der Waals surface area contributed by atoms with Crippen molar-refractivity contribution in [3.63, 3.8) is 0 Å². The minimum absolute atomic E-state index is 0.345. The minimum Gasteiger partial charge on any atom is -0.480 e. The third kappa shape index (κ3) is 7.31. The van der Waals surface area contributed by atoms with Crippen LogP contribution in [0.5, 0.6) is 0 Å². The van der Waals surface area contributed by atoms with Crippen molar-refractivity contribution in [2.75, 3.05) is 19.8 Å². The molecule has 0 fully saturated rings. The monoisotopic (exact) mass is 294 g/mol. The molecular weight excluding hydrogens is 272 g/mol. The van der Waals surface area contributed by atoms with Gasteiger partial charge in [0, 0.05) is 13.2 Å². The number of carbonyl (C=O) groups is 2. The zero-order valence-corrected chi connectivity index (χ0v) is 12.2. The molecule has 1 aromatic rings. The van der Waals surface area contributed by atoms with Crippen molar-refractivity contribution in [3.05, 3.63) is 35.9 Å². The summed E-state index contributed by atoms with van der Waals surface area (Å²) in [5.74, 6) is -1.04. The molecule has 0 aromatic heterocycles. The molecule has 6 heteroatoms. The topological polar surface area (TPSA) is 87.7 Å². The minimum atomic E-state index is -1.04. The second-order valence-corrected chi connectivity index (χ2v) is 4.51. The van der Waals surface area contributed by atoms with Gasteiger partial charge in [0.05, 0.1) is 6.61 Å². The molecule has 21 heavy (non-hydrogen) atoms. The summed E-state index contributed by atoms with van der Waals surface area (Å²) in [6.45, 7) is 3.21. The maximum absolute atomic E-state index is 11.6. The smallest absolute Gasteiger partial charge is 0.326 e. The lowest BCUT2D eigenvalue weighted by Crippen LogP contribution is -2.46. The zero-order chi connectivity index (χ0) is 15.5. The lowest BCUT2D eigenvalue weighted by atomic mass is 10.1. The van der Waals surface area contributed by atoms with Gasteiger partial charge in [0.25, 0.3) is 0 Å². The van der Waals surface area contributed by atoms with Crippen LogP contribution in [-0.4, -0.2) is 42.9 Å². The van der Waals surface area contributed by atoms with Crippen molar-refractivity contribution in [2.24, 2.45) is 0 Å². The molecule has 0 unspecified atom stereocenters. The fraction of sp³-hybridized carbons (Fsp3) is 0.467. The van der Waals surface area contributed by atoms with Crippen LogP contribution in [0, 0.1) is 0 Å². The molecule has 0 spiro atoms. The number of aliphatic carboxylic acids is 1. The Bertz CT molecular complexity index is 437. The number of amides is 2. The molecule has 3 N–H and O–H groups in total. The van der Waals surface area contributed by atoms with E-state index in [0.717, 1.165) is 5.56 Å². The highest BCUT2D eigenvalue weighted by atomic mass is 16.5. The number of ether oxygens (including phenoxy) is 1. The first kappa shape index (κ1) is 17.0. The third-order valence-electron chi connectivity index (χ3n) is 2.90. The summed E-state index contributed by atoms with van der Waals surface area (Å²) in [4.78, 5) is 22.8. The van der Waals surface area contributed by atoms with E-state index in [0.29, 0.717) is 32.6 Å². The van der Waals surface area contributed by atoms with Gasteiger partial charge in [0.15, 0.2) is 0 Å². The normalized spacial score (nSPS) is 11.7. The third-order valence-corrected chi connectivity index (χ3v) is 2.90. The van der Waals surface area contributed by atoms with Gasteiger partial charge in [0.1, 0.15) is 6.04 Å². The fourth-order valence-electron chi connectivity index (χ4n) is 1.80. The predicted molar refractivity (Wildman–Crippen MR) is 79.2 cm³/mol. The second-order valence-electron chi connectivity index (χ2n) is 4.51. The molecule has 2 amide bonds. The maximum atomic E-state index is 11.6. The van der Waals surface area contributed by atoms with Crippen LogP contribution in [-0.2, 0) is 16.0 Å². The van der Waals surface area contributed by atoms with E-state index >= 15 is 0 Å². The Morgan fingerprint density at radius 3 is 2.62 bits per heavy atom. The van der Waals surface area contributed by atoms with E-state index in [1.807, 2.05) is 37.3 Å². The predicted octanol–water partition coefficient (Wildman–Crippen LogP) is 1.41. The molecule has 0 radical (unpaired) electrons. The zero-order valence-electron chi connectivity index (χ0n) is 12.2. The quantitative estimate of drug-likeness (QED) is 0.601. The molecule has 0 saturated carbocycles. The first-order chi connectivity index (χ1) is 10.1. The Kier molecular flexibility index (Phi) is 7.89. The number of urea groups is 1. The van der Waals surface area contributed by atoms with Crippen LogP contribution in [0.4, 0.5) is 4.79 Å². The number of rotatable bonds is 9. The van der Waals surface area contributed by atoms with Gasteiger partial charge in [-0.3, -0.25) is 0 Å². The van der Waals surface area contributed by atoms with Gasteiger partial charge in [-0.2, -0.15) is 0 Å². The van der Waals surface area contributed by atoms with Crippen LogP contribution < -0.4 is 10.6 Å². The number of carboxylic acids is 1. The van der Waals surface area contributed by atoms with Crippen molar-refractivity contribution in [3.8, 4) is 0 Å². The van der Waals surface area contributed by atoms with Crippen LogP contribution in [0.3, 0.4) is 0 Å². The molecule has 0 aliphatic rings. The molecule has 6 nitrogen and oxygen atoms in total. The number of benzene rings is 1. The summed E-state index contributed by atoms with van der Waals surface area (Å²) in [6.07, 6.45) is 0.940. The summed E-state index contributed by atoms with van der Waals surface area (Å²) in [6, 6.07) is 8.18. The van der Waals surface area contributed by atoms with Gasteiger partial charge in [-0.15, -0.1) is 0 Å². The van der Waals surface area contributed by atoms with Crippen LogP contribution >= 0.6 is 0 Å². The van der Waals surface area contributed by atoms with Gasteiger partial charge in [-0.05, 0) is 25.3 Å². The van der Waals surface area contributed by atoms with E-state index in [1.165, 1.54) is 0 Å². The van der Waals surface area contributed by atoms with E-state index in [9.17, 15) is 9.59 Å². The first-order valence-electron chi connectivity index (χ1n) is 7.02. The van der Waals surface area contributed by atoms with Crippen molar-refractivity contribution in [2.45, 2.75) is 25.8 Å². The summed E-state index contributed by atoms with van der Waals surface area (Å²) in [5, 5.41) is 14.2. The number of hydrogen-bond donors (Lipinski definition) is 3. The molecule has 1 rings (SSSR count). The average molecular weight is 294 g/mol. The van der Waals surface area contributed by atoms with Crippen LogP contribution in [0.1, 0.15) is 18.9 Å². The van der Waals surface area contributed by atoms with Crippen molar-refractivity contribution < 1.29 is 19.4 Å². The van der Waals surface area contributed by atoms with Gasteiger partial charge < -0.3 is 20.5 Å². The molecule has 0 heterocycles. The van der Waals surface area contributed by atoms with Crippen molar-refractivity contribution in [1.29, 1.82) is 0 Å². The van der Waals surface area contributed by atoms with Gasteiger partial charge in [-0.1, -0.05) is 30.3 Å². The molecule has 1 atom stereocenters. The number of nitrogens with one attached hydrogen (secondary N) is 2. The van der Waals surface area contributed by atoms with E-state index in [-0.39, 0.29) is 0 Å². The van der Waals surface area contributed by atoms with Crippen LogP contribution in [0.25, 0.3) is 0 Å². The lowest BCUT2D eigenvalue weighted by molar-refractivity contribution is -0.139. The summed E-state index contributed by atoms with van der Waals surface area (Å²) >= 11 is 0. The standard InChI is InChI=1S/C15H22N2O4/c1-2-21-11-10-16-15(20)17-13(14(18)19)9-8-12-6-4-3-5-7-12/h3-7,13H,2,8-11H2,1H3,(H,18,19)(H2,16,17,20)/t13-/m0/s1. The summed E-state index contributed by atoms with van der Waals surface area (Å²) < 4.78 is 5.08. The van der Waals surface area contributed by atoms with E-state index in [4.69, 9.17) is 9.84 Å². The summed E-state index contributed by atoms with van der Waals surface area (Å²) in [5.41, 5.74) is 1.04. The van der Waals surface area contributed by atoms with Crippen molar-refractivity contribution >= 4 is 12.0 Å². The van der Waals surface area contributed by atoms with Gasteiger partial charge in [-0.25, -0.2) is 9.59 Å². The fourth-order valence-corrected chi connectivity index (χ4v) is 1.80. The lowest BCUT2D eigenvalue weighted by Gasteiger charge is -2.15. The van der Waals surface area contributed by atoms with Crippen LogP contribution in [0.2, 0.25) is 0 Å². The number of carbonyl (C=O) groups excluding carboxylic acids is 1. The number of hydrogen-bond acceptors (Lipinski definition) is 3. The second kappa shape index (κ2) is 9.77. The molecule has 0 aliphatic carbocycles. The van der Waals surface area contributed by atoms with Crippen LogP contribution in [0.15, 0.2) is 30.3 Å². The number of carboxylic acid groups (broad SMARTS) is 1. The van der Waals surface area contributed by atoms with E-state index < -0.39 is 18.0 Å². The maximum Gasteiger partial charge on any atom is 0.326 e. The van der Waals surface area contributed by atoms with E-state index in [2.05, 4.69) is 10.6 Å². The van der Waals surface area contributed by atoms with Gasteiger partial charge >= 0.3 is 12.0 Å². The highest BCUT2D eigenvalue weighted by molar-refractivity contribution is 5.82. The SMILES string of the molecule is CCOCCNC(=O)N[C@@H](CCc1ccccc1)C(=O)O. The first-order valence-corrected chi connectivity index (χ1v) is 7.02. The molecular formula is C15H22N2O4. The van der Waals surface area contributed by atoms with Crippen molar-refractivity contribution in [1.82, 2.24) is 10.6 Å². The molecule has 116 valence electrons. The Hall–Kier alpha value is -2.08. The Morgan fingerprint density at radius 2 is 2.00 bits per heavy atom. The largest absolute Gasteiger partial charge is 0.480 e. The number of aryl methyl sites for hydroxylation is 1. The van der Waals surface area contributed by atoms with Gasteiger partial charge in [0.2, 0.25) is 0 Å². The highest BCUT2D eigenvalue weighted by Crippen LogP contribution is 2.05. The Labute approximate surface area is 124 Å². The molecule has 0 saturated heterocycles. The Balaban J connectivity index is 2.35. The molecule has 0 bridgehead atoms. The van der Waals surface area contributed by atoms with E-state index in [1.54, 1.807) is 0 Å². The average Bonchev–Trinajstić information content (AvgIpc) is 2.48. The molecule has 0 aliphatic heterocycles. The molecule has 1 aromatic carbocycles. The summed E-state index contributed by atoms with van der Waals surface area (Å²) in [7, 11) is 0. The Morgan fingerprint density at radius 1 is 1.29 bits per heavy atom. The highest BCUT2D eigenvalue weighted by Gasteiger charge is 2.19.